The average Bonchev–Trinajstić information content (AvgIpc) is 2.84. The second-order valence-corrected chi connectivity index (χ2v) is 8.23. The number of nitrogens with two attached hydrogens (primary N) is 1. The summed E-state index contributed by atoms with van der Waals surface area (Å²) in [5.74, 6) is 0.352. The Hall–Kier alpha value is -3.85. The maximum Gasteiger partial charge on any atom is 0.251 e. The van der Waals surface area contributed by atoms with E-state index in [1.165, 1.54) is 12.4 Å². The summed E-state index contributed by atoms with van der Waals surface area (Å²) in [7, 11) is 5.47. The Morgan fingerprint density at radius 3 is 2.68 bits per heavy atom. The smallest absolute Gasteiger partial charge is 0.251 e. The van der Waals surface area contributed by atoms with E-state index in [-0.39, 0.29) is 18.4 Å². The lowest BCUT2D eigenvalue weighted by Gasteiger charge is -2.25. The Kier molecular flexibility index (Phi) is 8.26. The van der Waals surface area contributed by atoms with E-state index in [0.717, 1.165) is 5.56 Å². The summed E-state index contributed by atoms with van der Waals surface area (Å²) < 4.78 is 11.7. The second-order valence-electron chi connectivity index (χ2n) is 8.23. The Balaban J connectivity index is 1.79. The summed E-state index contributed by atoms with van der Waals surface area (Å²) in [5, 5.41) is 13.1. The van der Waals surface area contributed by atoms with Crippen LogP contribution in [-0.4, -0.2) is 63.8 Å². The van der Waals surface area contributed by atoms with Crippen molar-refractivity contribution in [2.24, 2.45) is 11.7 Å². The molecule has 180 valence electrons. The van der Waals surface area contributed by atoms with E-state index < -0.39 is 5.92 Å². The highest BCUT2D eigenvalue weighted by Crippen LogP contribution is 2.32. The van der Waals surface area contributed by atoms with Crippen LogP contribution in [0.2, 0.25) is 0 Å². The number of allylic oxidation sites excluding steroid dienone is 1. The first-order valence-electron chi connectivity index (χ1n) is 11.0. The van der Waals surface area contributed by atoms with Gasteiger partial charge in [0, 0.05) is 37.1 Å². The Bertz CT molecular complexity index is 1100. The van der Waals surface area contributed by atoms with Gasteiger partial charge in [-0.15, -0.1) is 0 Å². The van der Waals surface area contributed by atoms with Crippen LogP contribution in [0, 0.1) is 11.3 Å². The number of rotatable bonds is 9. The van der Waals surface area contributed by atoms with Gasteiger partial charge in [0.2, 0.25) is 5.91 Å². The molecule has 0 saturated carbocycles. The van der Waals surface area contributed by atoms with E-state index in [9.17, 15) is 9.59 Å². The quantitative estimate of drug-likeness (QED) is 0.420. The minimum absolute atomic E-state index is 0.190. The molecule has 9 heteroatoms. The lowest BCUT2D eigenvalue weighted by atomic mass is 9.94. The van der Waals surface area contributed by atoms with E-state index in [0.29, 0.717) is 53.5 Å². The number of ether oxygens (including phenoxy) is 2. The molecule has 0 aromatic heterocycles. The lowest BCUT2D eigenvalue weighted by molar-refractivity contribution is -0.121. The predicted octanol–water partition coefficient (Wildman–Crippen LogP) is 2.13. The zero-order valence-electron chi connectivity index (χ0n) is 19.7. The number of carbonyl (C=O) groups excluding carboxylic acids is 2. The van der Waals surface area contributed by atoms with Gasteiger partial charge in [0.25, 0.3) is 5.91 Å². The van der Waals surface area contributed by atoms with E-state index in [1.54, 1.807) is 43.4 Å². The minimum atomic E-state index is -0.428. The van der Waals surface area contributed by atoms with Crippen LogP contribution in [0.3, 0.4) is 0 Å². The molecule has 2 aromatic rings. The molecule has 1 heterocycles. The molecule has 5 N–H and O–H groups in total. The van der Waals surface area contributed by atoms with Gasteiger partial charge in [-0.3, -0.25) is 9.59 Å². The van der Waals surface area contributed by atoms with Gasteiger partial charge in [-0.05, 0) is 62.0 Å². The molecule has 2 aromatic carbocycles. The SMILES string of the molecule is CNC(=O)c1ccc2c(c1)CC(C(=O)Nc1ccc(/C(C=N)=C/N)cc1OCCN(C)C)CO2. The first-order chi connectivity index (χ1) is 16.4. The number of nitrogens with one attached hydrogen (secondary N) is 3. The van der Waals surface area contributed by atoms with Crippen molar-refractivity contribution in [2.75, 3.05) is 46.2 Å². The summed E-state index contributed by atoms with van der Waals surface area (Å²) in [6, 6.07) is 10.5. The first kappa shape index (κ1) is 24.8. The number of hydrogen-bond donors (Lipinski definition) is 4. The minimum Gasteiger partial charge on any atom is -0.492 e. The summed E-state index contributed by atoms with van der Waals surface area (Å²) in [5.41, 5.74) is 8.75. The maximum absolute atomic E-state index is 13.1. The molecule has 0 saturated heterocycles. The van der Waals surface area contributed by atoms with Crippen molar-refractivity contribution >= 4 is 29.3 Å². The third-order valence-electron chi connectivity index (χ3n) is 5.53. The molecule has 1 atom stereocenters. The van der Waals surface area contributed by atoms with Crippen LogP contribution < -0.4 is 25.8 Å². The van der Waals surface area contributed by atoms with Crippen molar-refractivity contribution in [3.63, 3.8) is 0 Å². The van der Waals surface area contributed by atoms with Gasteiger partial charge in [-0.1, -0.05) is 6.07 Å². The third kappa shape index (κ3) is 5.93. The Labute approximate surface area is 199 Å². The molecule has 1 aliphatic heterocycles. The largest absolute Gasteiger partial charge is 0.492 e. The standard InChI is InChI=1S/C25H31N5O4/c1-28-24(31)17-5-7-22-18(10-17)11-19(15-34-22)25(32)29-21-6-4-16(20(13-26)14-27)12-23(21)33-9-8-30(2)3/h4-7,10,12-14,19,26H,8-9,11,15,27H2,1-3H3,(H,28,31)(H,29,32)/b20-14+,26-13?. The fourth-order valence-corrected chi connectivity index (χ4v) is 3.57. The van der Waals surface area contributed by atoms with Gasteiger partial charge in [0.05, 0.1) is 11.6 Å². The molecule has 0 radical (unpaired) electrons. The number of hydrogen-bond acceptors (Lipinski definition) is 7. The van der Waals surface area contributed by atoms with Gasteiger partial charge in [0.1, 0.15) is 24.7 Å². The molecule has 34 heavy (non-hydrogen) atoms. The molecule has 2 amide bonds. The fraction of sp³-hybridized carbons (Fsp3) is 0.320. The molecule has 3 rings (SSSR count). The van der Waals surface area contributed by atoms with Crippen LogP contribution in [0.4, 0.5) is 5.69 Å². The zero-order valence-corrected chi connectivity index (χ0v) is 19.7. The van der Waals surface area contributed by atoms with Crippen LogP contribution in [0.25, 0.3) is 5.57 Å². The number of benzene rings is 2. The highest BCUT2D eigenvalue weighted by atomic mass is 16.5. The maximum atomic E-state index is 13.1. The van der Waals surface area contributed by atoms with E-state index in [4.69, 9.17) is 20.6 Å². The lowest BCUT2D eigenvalue weighted by Crippen LogP contribution is -2.33. The van der Waals surface area contributed by atoms with Crippen LogP contribution in [-0.2, 0) is 11.2 Å². The van der Waals surface area contributed by atoms with Gasteiger partial charge >= 0.3 is 0 Å². The number of likely N-dealkylation sites (N-methyl/N-ethyl adjacent to an activating group) is 1. The molecule has 0 fully saturated rings. The normalized spacial score (nSPS) is 15.2. The van der Waals surface area contributed by atoms with Crippen molar-refractivity contribution in [3.05, 3.63) is 59.3 Å². The summed E-state index contributed by atoms with van der Waals surface area (Å²) in [6.45, 7) is 1.36. The van der Waals surface area contributed by atoms with Gasteiger partial charge < -0.3 is 36.2 Å². The van der Waals surface area contributed by atoms with Crippen LogP contribution >= 0.6 is 0 Å². The topological polar surface area (TPSA) is 130 Å². The van der Waals surface area contributed by atoms with Crippen molar-refractivity contribution in [1.82, 2.24) is 10.2 Å². The van der Waals surface area contributed by atoms with Gasteiger partial charge in [0.15, 0.2) is 0 Å². The van der Waals surface area contributed by atoms with Crippen molar-refractivity contribution < 1.29 is 19.1 Å². The first-order valence-corrected chi connectivity index (χ1v) is 11.0. The molecule has 0 aliphatic carbocycles. The zero-order chi connectivity index (χ0) is 24.7. The van der Waals surface area contributed by atoms with Crippen LogP contribution in [0.5, 0.6) is 11.5 Å². The average molecular weight is 466 g/mol. The van der Waals surface area contributed by atoms with E-state index in [2.05, 4.69) is 10.6 Å². The number of carbonyl (C=O) groups is 2. The molecule has 0 spiro atoms. The molecule has 0 bridgehead atoms. The van der Waals surface area contributed by atoms with Gasteiger partial charge in [-0.25, -0.2) is 0 Å². The Morgan fingerprint density at radius 1 is 1.24 bits per heavy atom. The van der Waals surface area contributed by atoms with E-state index >= 15 is 0 Å². The highest BCUT2D eigenvalue weighted by Gasteiger charge is 2.27. The molecule has 9 nitrogen and oxygen atoms in total. The van der Waals surface area contributed by atoms with Crippen molar-refractivity contribution in [1.29, 1.82) is 5.41 Å². The number of anilines is 1. The second kappa shape index (κ2) is 11.3. The van der Waals surface area contributed by atoms with Crippen LogP contribution in [0.1, 0.15) is 21.5 Å². The number of nitrogens with zero attached hydrogens (tertiary/aromatic N) is 1. The van der Waals surface area contributed by atoms with Crippen molar-refractivity contribution in [3.8, 4) is 11.5 Å². The number of fused-ring (bicyclic) bond motifs is 1. The summed E-state index contributed by atoms with van der Waals surface area (Å²) in [6.07, 6.45) is 2.98. The van der Waals surface area contributed by atoms with E-state index in [1.807, 2.05) is 19.0 Å². The third-order valence-corrected chi connectivity index (χ3v) is 5.53. The molecular formula is C25H31N5O4. The summed E-state index contributed by atoms with van der Waals surface area (Å²) >= 11 is 0. The van der Waals surface area contributed by atoms with Gasteiger partial charge in [-0.2, -0.15) is 0 Å². The van der Waals surface area contributed by atoms with Crippen LogP contribution in [0.15, 0.2) is 42.6 Å². The van der Waals surface area contributed by atoms with Crippen molar-refractivity contribution in [2.45, 2.75) is 6.42 Å². The fourth-order valence-electron chi connectivity index (χ4n) is 3.57. The summed E-state index contributed by atoms with van der Waals surface area (Å²) in [4.78, 5) is 27.1. The highest BCUT2D eigenvalue weighted by molar-refractivity contribution is 6.08. The molecule has 1 aliphatic rings. The Morgan fingerprint density at radius 2 is 2.00 bits per heavy atom. The number of amides is 2. The predicted molar refractivity (Wildman–Crippen MR) is 133 cm³/mol. The monoisotopic (exact) mass is 465 g/mol. The molecule has 1 unspecified atom stereocenters. The molecular weight excluding hydrogens is 434 g/mol.